The molecule has 1 unspecified atom stereocenters. The highest BCUT2D eigenvalue weighted by Gasteiger charge is 2.30. The van der Waals surface area contributed by atoms with E-state index in [9.17, 15) is 14.4 Å². The van der Waals surface area contributed by atoms with Crippen molar-refractivity contribution in [3.8, 4) is 5.75 Å². The Balaban J connectivity index is 2.34. The molecule has 0 saturated heterocycles. The van der Waals surface area contributed by atoms with E-state index in [4.69, 9.17) is 14.2 Å². The molecular formula is C23H29NO6S. The summed E-state index contributed by atoms with van der Waals surface area (Å²) in [5, 5.41) is 2.99. The van der Waals surface area contributed by atoms with Crippen molar-refractivity contribution in [3.05, 3.63) is 46.3 Å². The maximum atomic E-state index is 12.9. The Morgan fingerprint density at radius 3 is 2.10 bits per heavy atom. The number of carbonyl (C=O) groups is 3. The van der Waals surface area contributed by atoms with Crippen molar-refractivity contribution in [3.63, 3.8) is 0 Å². The van der Waals surface area contributed by atoms with Crippen molar-refractivity contribution in [1.82, 2.24) is 0 Å². The number of ether oxygens (including phenoxy) is 3. The molecule has 1 atom stereocenters. The van der Waals surface area contributed by atoms with E-state index < -0.39 is 23.9 Å². The summed E-state index contributed by atoms with van der Waals surface area (Å²) in [5.74, 6) is -1.02. The van der Waals surface area contributed by atoms with Crippen molar-refractivity contribution in [2.45, 2.75) is 66.3 Å². The number of anilines is 1. The van der Waals surface area contributed by atoms with Crippen LogP contribution in [0.3, 0.4) is 0 Å². The van der Waals surface area contributed by atoms with Crippen LogP contribution in [0.15, 0.2) is 30.3 Å². The predicted octanol–water partition coefficient (Wildman–Crippen LogP) is 4.98. The molecular weight excluding hydrogens is 418 g/mol. The largest absolute Gasteiger partial charge is 0.481 e. The van der Waals surface area contributed by atoms with Crippen LogP contribution < -0.4 is 10.1 Å². The third-order valence-corrected chi connectivity index (χ3v) is 5.33. The summed E-state index contributed by atoms with van der Waals surface area (Å²) >= 11 is 0.991. The Kier molecular flexibility index (Phi) is 8.62. The Morgan fingerprint density at radius 1 is 0.968 bits per heavy atom. The molecule has 0 spiro atoms. The Morgan fingerprint density at radius 2 is 1.55 bits per heavy atom. The molecule has 31 heavy (non-hydrogen) atoms. The quantitative estimate of drug-likeness (QED) is 0.545. The molecule has 1 aromatic carbocycles. The molecule has 7 nitrogen and oxygen atoms in total. The first kappa shape index (κ1) is 24.4. The first-order chi connectivity index (χ1) is 14.6. The van der Waals surface area contributed by atoms with Gasteiger partial charge in [-0.2, -0.15) is 0 Å². The lowest BCUT2D eigenvalue weighted by Crippen LogP contribution is -2.32. The normalized spacial score (nSPS) is 11.9. The zero-order valence-corrected chi connectivity index (χ0v) is 19.5. The van der Waals surface area contributed by atoms with Crippen LogP contribution in [0, 0.1) is 6.92 Å². The predicted molar refractivity (Wildman–Crippen MR) is 120 cm³/mol. The van der Waals surface area contributed by atoms with E-state index >= 15 is 0 Å². The minimum absolute atomic E-state index is 0.150. The lowest BCUT2D eigenvalue weighted by molar-refractivity contribution is -0.122. The summed E-state index contributed by atoms with van der Waals surface area (Å²) < 4.78 is 16.4. The second-order valence-electron chi connectivity index (χ2n) is 7.49. The standard InChI is InChI=1S/C23H29NO6S/c1-7-17(30-16-11-9-8-10-12-16)20(25)24-21-18(22(26)28-13(2)3)15(6)19(31-21)23(27)29-14(4)5/h8-14,17H,7H2,1-6H3,(H,24,25). The van der Waals surface area contributed by atoms with E-state index in [0.29, 0.717) is 17.7 Å². The molecule has 0 aliphatic rings. The first-order valence-electron chi connectivity index (χ1n) is 10.2. The number of hydrogen-bond donors (Lipinski definition) is 1. The van der Waals surface area contributed by atoms with Crippen LogP contribution in [0.25, 0.3) is 0 Å². The molecule has 2 rings (SSSR count). The van der Waals surface area contributed by atoms with Crippen molar-refractivity contribution >= 4 is 34.2 Å². The van der Waals surface area contributed by atoms with Gasteiger partial charge in [0.15, 0.2) is 6.10 Å². The van der Waals surface area contributed by atoms with Crippen molar-refractivity contribution < 1.29 is 28.6 Å². The van der Waals surface area contributed by atoms with Crippen molar-refractivity contribution in [2.75, 3.05) is 5.32 Å². The summed E-state index contributed by atoms with van der Waals surface area (Å²) in [7, 11) is 0. The van der Waals surface area contributed by atoms with Gasteiger partial charge >= 0.3 is 11.9 Å². The topological polar surface area (TPSA) is 90.9 Å². The monoisotopic (exact) mass is 447 g/mol. The number of hydrogen-bond acceptors (Lipinski definition) is 7. The lowest BCUT2D eigenvalue weighted by Gasteiger charge is -2.17. The third kappa shape index (κ3) is 6.55. The van der Waals surface area contributed by atoms with Gasteiger partial charge in [0.1, 0.15) is 15.6 Å². The van der Waals surface area contributed by atoms with Gasteiger partial charge in [0.25, 0.3) is 5.91 Å². The number of amides is 1. The third-order valence-electron chi connectivity index (χ3n) is 4.14. The highest BCUT2D eigenvalue weighted by molar-refractivity contribution is 7.18. The molecule has 1 aromatic heterocycles. The van der Waals surface area contributed by atoms with Gasteiger partial charge in [-0.05, 0) is 58.7 Å². The minimum Gasteiger partial charge on any atom is -0.481 e. The van der Waals surface area contributed by atoms with Gasteiger partial charge in [-0.3, -0.25) is 4.79 Å². The van der Waals surface area contributed by atoms with Crippen LogP contribution in [0.4, 0.5) is 5.00 Å². The fourth-order valence-electron chi connectivity index (χ4n) is 2.76. The maximum absolute atomic E-state index is 12.9. The number of para-hydroxylation sites is 1. The first-order valence-corrected chi connectivity index (χ1v) is 11.0. The molecule has 0 aliphatic carbocycles. The lowest BCUT2D eigenvalue weighted by atomic mass is 10.1. The van der Waals surface area contributed by atoms with E-state index in [2.05, 4.69) is 5.32 Å². The van der Waals surface area contributed by atoms with Gasteiger partial charge in [0, 0.05) is 0 Å². The molecule has 0 fully saturated rings. The summed E-state index contributed by atoms with van der Waals surface area (Å²) in [6.45, 7) is 10.4. The molecule has 0 radical (unpaired) electrons. The number of nitrogens with one attached hydrogen (secondary N) is 1. The van der Waals surface area contributed by atoms with Crippen molar-refractivity contribution in [1.29, 1.82) is 0 Å². The van der Waals surface area contributed by atoms with E-state index in [1.165, 1.54) is 0 Å². The highest BCUT2D eigenvalue weighted by atomic mass is 32.1. The van der Waals surface area contributed by atoms with Crippen LogP contribution in [-0.2, 0) is 14.3 Å². The molecule has 168 valence electrons. The average molecular weight is 448 g/mol. The molecule has 0 aliphatic heterocycles. The maximum Gasteiger partial charge on any atom is 0.348 e. The van der Waals surface area contributed by atoms with Gasteiger partial charge < -0.3 is 19.5 Å². The second kappa shape index (κ2) is 10.9. The Bertz CT molecular complexity index is 920. The fourth-order valence-corrected chi connectivity index (χ4v) is 3.84. The number of thiophene rings is 1. The van der Waals surface area contributed by atoms with Crippen LogP contribution in [0.5, 0.6) is 5.75 Å². The second-order valence-corrected chi connectivity index (χ2v) is 8.51. The summed E-state index contributed by atoms with van der Waals surface area (Å²) in [5.41, 5.74) is 0.561. The molecule has 1 heterocycles. The van der Waals surface area contributed by atoms with E-state index in [1.807, 2.05) is 25.1 Å². The number of carbonyl (C=O) groups excluding carboxylic acids is 3. The SMILES string of the molecule is CCC(Oc1ccccc1)C(=O)Nc1sc(C(=O)OC(C)C)c(C)c1C(=O)OC(C)C. The van der Waals surface area contributed by atoms with E-state index in [0.717, 1.165) is 11.3 Å². The Hall–Kier alpha value is -2.87. The van der Waals surface area contributed by atoms with Crippen LogP contribution in [0.1, 0.15) is 66.6 Å². The van der Waals surface area contributed by atoms with Crippen LogP contribution >= 0.6 is 11.3 Å². The van der Waals surface area contributed by atoms with E-state index in [1.54, 1.807) is 46.8 Å². The average Bonchev–Trinajstić information content (AvgIpc) is 3.01. The molecule has 2 aromatic rings. The van der Waals surface area contributed by atoms with Gasteiger partial charge in [0.2, 0.25) is 0 Å². The van der Waals surface area contributed by atoms with Gasteiger partial charge in [-0.15, -0.1) is 11.3 Å². The summed E-state index contributed by atoms with van der Waals surface area (Å²) in [6.07, 6.45) is -1.03. The van der Waals surface area contributed by atoms with E-state index in [-0.39, 0.29) is 27.6 Å². The number of benzene rings is 1. The fraction of sp³-hybridized carbons (Fsp3) is 0.435. The molecule has 0 saturated carbocycles. The van der Waals surface area contributed by atoms with Crippen molar-refractivity contribution in [2.24, 2.45) is 0 Å². The molecule has 1 N–H and O–H groups in total. The smallest absolute Gasteiger partial charge is 0.348 e. The minimum atomic E-state index is -0.773. The molecule has 0 bridgehead atoms. The van der Waals surface area contributed by atoms with Gasteiger partial charge in [-0.1, -0.05) is 25.1 Å². The zero-order chi connectivity index (χ0) is 23.1. The highest BCUT2D eigenvalue weighted by Crippen LogP contribution is 2.35. The van der Waals surface area contributed by atoms with Crippen LogP contribution in [-0.4, -0.2) is 36.2 Å². The zero-order valence-electron chi connectivity index (χ0n) is 18.7. The van der Waals surface area contributed by atoms with Gasteiger partial charge in [0.05, 0.1) is 17.8 Å². The number of esters is 2. The number of rotatable bonds is 9. The van der Waals surface area contributed by atoms with Gasteiger partial charge in [-0.25, -0.2) is 9.59 Å². The molecule has 1 amide bonds. The summed E-state index contributed by atoms with van der Waals surface area (Å²) in [4.78, 5) is 38.4. The molecule has 8 heteroatoms. The summed E-state index contributed by atoms with van der Waals surface area (Å²) in [6, 6.07) is 9.00. The van der Waals surface area contributed by atoms with Crippen LogP contribution in [0.2, 0.25) is 0 Å². The Labute approximate surface area is 186 Å².